The SMILES string of the molecule is C1=CC2=Cc3c(n(-c4ccc(C5=Nc6c(sc7ccccc67)C(c6ccccc6)N5)c5oc6c7ccccc7ccc6c45)c4ccccc34)CC2C=C1. The molecule has 2 aliphatic carbocycles. The van der Waals surface area contributed by atoms with Crippen LogP contribution in [0.3, 0.4) is 0 Å². The van der Waals surface area contributed by atoms with Crippen LogP contribution in [0.1, 0.15) is 33.3 Å². The van der Waals surface area contributed by atoms with Gasteiger partial charge in [-0.1, -0.05) is 121 Å². The zero-order valence-electron chi connectivity index (χ0n) is 28.6. The normalized spacial score (nSPS) is 17.6. The Kier molecular flexibility index (Phi) is 6.08. The fourth-order valence-electron chi connectivity index (χ4n) is 8.96. The summed E-state index contributed by atoms with van der Waals surface area (Å²) in [7, 11) is 0. The van der Waals surface area contributed by atoms with Gasteiger partial charge in [-0.2, -0.15) is 0 Å². The van der Waals surface area contributed by atoms with Crippen LogP contribution in [-0.2, 0) is 6.42 Å². The summed E-state index contributed by atoms with van der Waals surface area (Å²) in [6, 6.07) is 45.7. The number of aliphatic imine (C=N–C) groups is 1. The number of furan rings is 1. The summed E-state index contributed by atoms with van der Waals surface area (Å²) in [5.41, 5.74) is 11.3. The average molecular weight is 698 g/mol. The fraction of sp³-hybridized carbons (Fsp3) is 0.0625. The van der Waals surface area contributed by atoms with E-state index in [1.54, 1.807) is 0 Å². The molecule has 3 aliphatic rings. The van der Waals surface area contributed by atoms with E-state index in [1.807, 2.05) is 11.3 Å². The second-order valence-electron chi connectivity index (χ2n) is 14.3. The number of hydrogen-bond acceptors (Lipinski definition) is 4. The summed E-state index contributed by atoms with van der Waals surface area (Å²) in [4.78, 5) is 6.68. The second-order valence-corrected chi connectivity index (χ2v) is 15.4. The number of amidine groups is 1. The molecule has 53 heavy (non-hydrogen) atoms. The second kappa shape index (κ2) is 11.0. The maximum absolute atomic E-state index is 7.16. The Labute approximate surface area is 309 Å². The van der Waals surface area contributed by atoms with E-state index in [9.17, 15) is 0 Å². The van der Waals surface area contributed by atoms with Crippen LogP contribution in [0.25, 0.3) is 65.5 Å². The molecule has 0 bridgehead atoms. The van der Waals surface area contributed by atoms with Crippen LogP contribution in [0.5, 0.6) is 0 Å². The Balaban J connectivity index is 1.16. The minimum atomic E-state index is -0.0463. The van der Waals surface area contributed by atoms with Crippen molar-refractivity contribution in [3.8, 4) is 5.69 Å². The van der Waals surface area contributed by atoms with Crippen molar-refractivity contribution in [3.63, 3.8) is 0 Å². The van der Waals surface area contributed by atoms with Gasteiger partial charge in [0.1, 0.15) is 17.0 Å². The standard InChI is InChI=1S/C48H31N3OS/c1-2-13-29(14-3-1)43-47-44(34-19-9-11-21-41(34)53-47)50-48(49-43)36-24-25-39(42-35-23-22-28-12-6-7-17-32(28)45(35)52-46(36)42)51-38-20-10-8-18-33(38)37-26-30-15-4-5-16-31(30)27-40(37)51/h1-26,31,43H,27H2,(H,49,50). The Morgan fingerprint density at radius 3 is 2.45 bits per heavy atom. The van der Waals surface area contributed by atoms with E-state index in [4.69, 9.17) is 9.41 Å². The van der Waals surface area contributed by atoms with Crippen LogP contribution in [0.15, 0.2) is 167 Å². The number of allylic oxidation sites excluding steroid dienone is 5. The minimum Gasteiger partial charge on any atom is -0.455 e. The van der Waals surface area contributed by atoms with Gasteiger partial charge >= 0.3 is 0 Å². The van der Waals surface area contributed by atoms with E-state index in [1.165, 1.54) is 48.3 Å². The van der Waals surface area contributed by atoms with E-state index < -0.39 is 0 Å². The monoisotopic (exact) mass is 697 g/mol. The lowest BCUT2D eigenvalue weighted by Crippen LogP contribution is -2.32. The number of thiophene rings is 1. The van der Waals surface area contributed by atoms with Crippen LogP contribution in [-0.4, -0.2) is 10.4 Å². The van der Waals surface area contributed by atoms with Gasteiger partial charge < -0.3 is 14.3 Å². The fourth-order valence-corrected chi connectivity index (χ4v) is 10.2. The van der Waals surface area contributed by atoms with Crippen LogP contribution >= 0.6 is 11.3 Å². The van der Waals surface area contributed by atoms with Crippen LogP contribution in [0, 0.1) is 5.92 Å². The van der Waals surface area contributed by atoms with Gasteiger partial charge in [0.2, 0.25) is 0 Å². The molecule has 0 saturated heterocycles. The summed E-state index contributed by atoms with van der Waals surface area (Å²) in [5, 5.41) is 10.8. The van der Waals surface area contributed by atoms with Crippen molar-refractivity contribution in [2.24, 2.45) is 10.9 Å². The lowest BCUT2D eigenvalue weighted by atomic mass is 9.83. The first-order chi connectivity index (χ1) is 26.3. The van der Waals surface area contributed by atoms with Crippen molar-refractivity contribution in [3.05, 3.63) is 185 Å². The summed E-state index contributed by atoms with van der Waals surface area (Å²) in [6.07, 6.45) is 12.3. The molecule has 0 saturated carbocycles. The van der Waals surface area contributed by atoms with E-state index in [0.29, 0.717) is 5.92 Å². The van der Waals surface area contributed by atoms with Crippen molar-refractivity contribution < 1.29 is 4.42 Å². The number of para-hydroxylation sites is 1. The zero-order valence-corrected chi connectivity index (χ0v) is 29.4. The average Bonchev–Trinajstić information content (AvgIpc) is 3.90. The first-order valence-corrected chi connectivity index (χ1v) is 19.1. The molecule has 4 nitrogen and oxygen atoms in total. The number of nitrogens with one attached hydrogen (secondary N) is 1. The van der Waals surface area contributed by atoms with Gasteiger partial charge in [0.05, 0.1) is 38.8 Å². The third-order valence-corrected chi connectivity index (χ3v) is 12.6. The first kappa shape index (κ1) is 29.2. The summed E-state index contributed by atoms with van der Waals surface area (Å²) in [6.45, 7) is 0. The maximum Gasteiger partial charge on any atom is 0.148 e. The van der Waals surface area contributed by atoms with Crippen molar-refractivity contribution in [2.45, 2.75) is 12.5 Å². The number of rotatable bonds is 3. The van der Waals surface area contributed by atoms with Gasteiger partial charge in [-0.05, 0) is 59.4 Å². The Bertz CT molecular complexity index is 3130. The van der Waals surface area contributed by atoms with E-state index in [0.717, 1.165) is 61.9 Å². The minimum absolute atomic E-state index is 0.0463. The lowest BCUT2D eigenvalue weighted by Gasteiger charge is -2.26. The van der Waals surface area contributed by atoms with Gasteiger partial charge in [0.15, 0.2) is 0 Å². The van der Waals surface area contributed by atoms with Gasteiger partial charge in [-0.15, -0.1) is 11.3 Å². The van der Waals surface area contributed by atoms with Gasteiger partial charge in [0.25, 0.3) is 0 Å². The number of fused-ring (bicyclic) bond motifs is 12. The Morgan fingerprint density at radius 1 is 0.717 bits per heavy atom. The summed E-state index contributed by atoms with van der Waals surface area (Å²) >= 11 is 1.82. The molecule has 0 amide bonds. The predicted octanol–water partition coefficient (Wildman–Crippen LogP) is 12.4. The van der Waals surface area contributed by atoms with Crippen LogP contribution < -0.4 is 5.32 Å². The number of hydrogen-bond donors (Lipinski definition) is 1. The lowest BCUT2D eigenvalue weighted by molar-refractivity contribution is 0.670. The number of aromatic nitrogens is 1. The summed E-state index contributed by atoms with van der Waals surface area (Å²) < 4.78 is 10.9. The number of benzene rings is 6. The zero-order chi connectivity index (χ0) is 34.6. The highest BCUT2D eigenvalue weighted by atomic mass is 32.1. The van der Waals surface area contributed by atoms with E-state index >= 15 is 0 Å². The molecule has 0 spiro atoms. The topological polar surface area (TPSA) is 42.5 Å². The van der Waals surface area contributed by atoms with Crippen molar-refractivity contribution >= 4 is 82.6 Å². The Hall–Kier alpha value is -6.43. The predicted molar refractivity (Wildman–Crippen MR) is 221 cm³/mol. The molecule has 1 N–H and O–H groups in total. The molecule has 0 fully saturated rings. The highest BCUT2D eigenvalue weighted by Crippen LogP contribution is 2.48. The van der Waals surface area contributed by atoms with Gasteiger partial charge in [-0.3, -0.25) is 0 Å². The van der Waals surface area contributed by atoms with E-state index in [2.05, 4.69) is 168 Å². The molecule has 3 aromatic heterocycles. The van der Waals surface area contributed by atoms with Crippen LogP contribution in [0.4, 0.5) is 5.69 Å². The van der Waals surface area contributed by atoms with E-state index in [-0.39, 0.29) is 6.04 Å². The molecule has 2 unspecified atom stereocenters. The largest absolute Gasteiger partial charge is 0.455 e. The molecule has 12 rings (SSSR count). The van der Waals surface area contributed by atoms with Gasteiger partial charge in [-0.25, -0.2) is 4.99 Å². The van der Waals surface area contributed by atoms with Crippen molar-refractivity contribution in [1.82, 2.24) is 9.88 Å². The number of nitrogens with zero attached hydrogens (tertiary/aromatic N) is 2. The molecule has 9 aromatic rings. The third-order valence-electron chi connectivity index (χ3n) is 11.4. The molecular weight excluding hydrogens is 667 g/mol. The maximum atomic E-state index is 7.16. The smallest absolute Gasteiger partial charge is 0.148 e. The molecule has 250 valence electrons. The third kappa shape index (κ3) is 4.20. The van der Waals surface area contributed by atoms with Crippen molar-refractivity contribution in [2.75, 3.05) is 0 Å². The molecule has 5 heteroatoms. The first-order valence-electron chi connectivity index (χ1n) is 18.3. The van der Waals surface area contributed by atoms with Crippen molar-refractivity contribution in [1.29, 1.82) is 0 Å². The summed E-state index contributed by atoms with van der Waals surface area (Å²) in [5.74, 6) is 1.17. The van der Waals surface area contributed by atoms with Crippen LogP contribution in [0.2, 0.25) is 0 Å². The molecule has 2 atom stereocenters. The molecule has 0 radical (unpaired) electrons. The molecule has 4 heterocycles. The molecular formula is C48H31N3OS. The quantitative estimate of drug-likeness (QED) is 0.200. The molecule has 6 aromatic carbocycles. The highest BCUT2D eigenvalue weighted by Gasteiger charge is 2.32. The highest BCUT2D eigenvalue weighted by molar-refractivity contribution is 7.19. The van der Waals surface area contributed by atoms with Gasteiger partial charge in [0, 0.05) is 43.4 Å². The Morgan fingerprint density at radius 2 is 1.53 bits per heavy atom. The molecule has 1 aliphatic heterocycles.